The number of nitrogens with one attached hydrogen (secondary N) is 1. The van der Waals surface area contributed by atoms with E-state index < -0.39 is 0 Å². The van der Waals surface area contributed by atoms with Crippen molar-refractivity contribution in [1.29, 1.82) is 0 Å². The Hall–Kier alpha value is -2.66. The highest BCUT2D eigenvalue weighted by molar-refractivity contribution is 7.80. The molecular weight excluding hydrogens is 328 g/mol. The average Bonchev–Trinajstić information content (AvgIpc) is 3.18. The zero-order valence-corrected chi connectivity index (χ0v) is 15.1. The smallest absolute Gasteiger partial charge is 0.174 e. The van der Waals surface area contributed by atoms with E-state index in [1.807, 2.05) is 18.3 Å². The van der Waals surface area contributed by atoms with Crippen LogP contribution in [0.5, 0.6) is 0 Å². The second kappa shape index (κ2) is 6.33. The van der Waals surface area contributed by atoms with Crippen LogP contribution in [-0.2, 0) is 7.05 Å². The first kappa shape index (κ1) is 15.8. The van der Waals surface area contributed by atoms with Crippen molar-refractivity contribution in [1.82, 2.24) is 14.9 Å². The third-order valence-corrected chi connectivity index (χ3v) is 4.98. The lowest BCUT2D eigenvalue weighted by molar-refractivity contribution is 0.541. The Bertz CT molecular complexity index is 903. The number of benzene rings is 1. The molecule has 1 N–H and O–H groups in total. The molecule has 0 saturated carbocycles. The summed E-state index contributed by atoms with van der Waals surface area (Å²) in [6, 6.07) is 18.7. The molecule has 0 radical (unpaired) electrons. The Kier molecular flexibility index (Phi) is 4.01. The predicted octanol–water partition coefficient (Wildman–Crippen LogP) is 3.91. The third kappa shape index (κ3) is 2.81. The fourth-order valence-electron chi connectivity index (χ4n) is 3.49. The molecule has 1 fully saturated rings. The van der Waals surface area contributed by atoms with E-state index in [0.29, 0.717) is 0 Å². The molecule has 3 heterocycles. The van der Waals surface area contributed by atoms with Crippen LogP contribution < -0.4 is 10.2 Å². The topological polar surface area (TPSA) is 33.1 Å². The van der Waals surface area contributed by atoms with E-state index in [-0.39, 0.29) is 12.1 Å². The Morgan fingerprint density at radius 2 is 1.96 bits per heavy atom. The molecule has 0 spiro atoms. The first-order chi connectivity index (χ1) is 12.1. The molecule has 1 aliphatic heterocycles. The molecule has 1 aliphatic rings. The molecule has 5 heteroatoms. The number of pyridine rings is 1. The molecule has 2 aromatic heterocycles. The predicted molar refractivity (Wildman–Crippen MR) is 105 cm³/mol. The highest BCUT2D eigenvalue weighted by Crippen LogP contribution is 2.41. The summed E-state index contributed by atoms with van der Waals surface area (Å²) in [6.07, 6.45) is 3.90. The zero-order chi connectivity index (χ0) is 17.4. The van der Waals surface area contributed by atoms with Gasteiger partial charge in [0.05, 0.1) is 11.7 Å². The number of rotatable bonds is 3. The molecule has 2 atom stereocenters. The van der Waals surface area contributed by atoms with Gasteiger partial charge in [-0.25, -0.2) is 0 Å². The van der Waals surface area contributed by atoms with E-state index in [1.165, 1.54) is 11.3 Å². The van der Waals surface area contributed by atoms with Gasteiger partial charge in [0.1, 0.15) is 6.04 Å². The summed E-state index contributed by atoms with van der Waals surface area (Å²) < 4.78 is 2.15. The molecule has 0 aliphatic carbocycles. The van der Waals surface area contributed by atoms with Gasteiger partial charge >= 0.3 is 0 Å². The first-order valence-corrected chi connectivity index (χ1v) is 8.74. The molecule has 0 unspecified atom stereocenters. The van der Waals surface area contributed by atoms with Gasteiger partial charge in [-0.1, -0.05) is 18.2 Å². The Labute approximate surface area is 153 Å². The highest BCUT2D eigenvalue weighted by atomic mass is 32.1. The summed E-state index contributed by atoms with van der Waals surface area (Å²) in [4.78, 5) is 6.78. The number of anilines is 1. The van der Waals surface area contributed by atoms with Gasteiger partial charge < -0.3 is 14.8 Å². The highest BCUT2D eigenvalue weighted by Gasteiger charge is 2.41. The Balaban J connectivity index is 1.85. The molecular formula is C20H20N4S. The fourth-order valence-corrected chi connectivity index (χ4v) is 3.84. The van der Waals surface area contributed by atoms with Gasteiger partial charge in [-0.3, -0.25) is 4.98 Å². The second-order valence-electron chi connectivity index (χ2n) is 6.38. The van der Waals surface area contributed by atoms with Crippen molar-refractivity contribution in [3.8, 4) is 0 Å². The summed E-state index contributed by atoms with van der Waals surface area (Å²) in [5.41, 5.74) is 4.50. The summed E-state index contributed by atoms with van der Waals surface area (Å²) in [6.45, 7) is 2.10. The van der Waals surface area contributed by atoms with E-state index in [2.05, 4.69) is 82.4 Å². The summed E-state index contributed by atoms with van der Waals surface area (Å²) in [5, 5.41) is 4.21. The molecule has 126 valence electrons. The van der Waals surface area contributed by atoms with Gasteiger partial charge in [0.25, 0.3) is 0 Å². The van der Waals surface area contributed by atoms with Crippen LogP contribution in [0.15, 0.2) is 67.0 Å². The van der Waals surface area contributed by atoms with Gasteiger partial charge in [-0.05, 0) is 61.1 Å². The summed E-state index contributed by atoms with van der Waals surface area (Å²) >= 11 is 5.71. The van der Waals surface area contributed by atoms with E-state index in [4.69, 9.17) is 12.2 Å². The van der Waals surface area contributed by atoms with E-state index >= 15 is 0 Å². The lowest BCUT2D eigenvalue weighted by atomic mass is 10.0. The minimum absolute atomic E-state index is 0.00260. The largest absolute Gasteiger partial charge is 0.353 e. The number of thiocarbonyl (C=S) groups is 1. The molecule has 1 saturated heterocycles. The van der Waals surface area contributed by atoms with Crippen molar-refractivity contribution < 1.29 is 0 Å². The molecule has 4 rings (SSSR count). The number of hydrogen-bond acceptors (Lipinski definition) is 2. The number of aryl methyl sites for hydroxylation is 2. The van der Waals surface area contributed by atoms with Crippen molar-refractivity contribution in [2.24, 2.45) is 7.05 Å². The van der Waals surface area contributed by atoms with Crippen molar-refractivity contribution in [3.05, 3.63) is 83.9 Å². The van der Waals surface area contributed by atoms with Crippen molar-refractivity contribution >= 4 is 23.0 Å². The van der Waals surface area contributed by atoms with Crippen molar-refractivity contribution in [2.45, 2.75) is 19.0 Å². The summed E-state index contributed by atoms with van der Waals surface area (Å²) in [7, 11) is 2.07. The fraction of sp³-hybridized carbons (Fsp3) is 0.200. The maximum absolute atomic E-state index is 5.71. The van der Waals surface area contributed by atoms with Gasteiger partial charge in [-0.2, -0.15) is 0 Å². The SMILES string of the molecule is Cc1cccc(N2C(=S)N[C@@H](c3ccccn3)[C@H]2c2cccn2C)c1. The minimum Gasteiger partial charge on any atom is -0.353 e. The maximum Gasteiger partial charge on any atom is 0.174 e. The van der Waals surface area contributed by atoms with Gasteiger partial charge in [0.15, 0.2) is 5.11 Å². The minimum atomic E-state index is 0.00260. The monoisotopic (exact) mass is 348 g/mol. The van der Waals surface area contributed by atoms with Crippen molar-refractivity contribution in [3.63, 3.8) is 0 Å². The number of nitrogens with zero attached hydrogens (tertiary/aromatic N) is 3. The van der Waals surface area contributed by atoms with Crippen molar-refractivity contribution in [2.75, 3.05) is 4.90 Å². The van der Waals surface area contributed by atoms with Crippen LogP contribution >= 0.6 is 12.2 Å². The van der Waals surface area contributed by atoms with Gasteiger partial charge in [0, 0.05) is 30.8 Å². The maximum atomic E-state index is 5.71. The van der Waals surface area contributed by atoms with Crippen LogP contribution in [0.2, 0.25) is 0 Å². The Morgan fingerprint density at radius 3 is 2.64 bits per heavy atom. The molecule has 1 aromatic carbocycles. The molecule has 4 nitrogen and oxygen atoms in total. The Morgan fingerprint density at radius 1 is 1.08 bits per heavy atom. The quantitative estimate of drug-likeness (QED) is 0.728. The molecule has 25 heavy (non-hydrogen) atoms. The van der Waals surface area contributed by atoms with Crippen LogP contribution in [0.25, 0.3) is 0 Å². The van der Waals surface area contributed by atoms with Gasteiger partial charge in [0.2, 0.25) is 0 Å². The van der Waals surface area contributed by atoms with E-state index in [1.54, 1.807) is 0 Å². The molecule has 0 bridgehead atoms. The number of aromatic nitrogens is 2. The van der Waals surface area contributed by atoms with Crippen LogP contribution in [-0.4, -0.2) is 14.7 Å². The van der Waals surface area contributed by atoms with Crippen LogP contribution in [0, 0.1) is 6.92 Å². The number of hydrogen-bond donors (Lipinski definition) is 1. The van der Waals surface area contributed by atoms with Crippen LogP contribution in [0.4, 0.5) is 5.69 Å². The third-order valence-electron chi connectivity index (χ3n) is 4.66. The normalized spacial score (nSPS) is 19.9. The van der Waals surface area contributed by atoms with Gasteiger partial charge in [-0.15, -0.1) is 0 Å². The average molecular weight is 348 g/mol. The first-order valence-electron chi connectivity index (χ1n) is 8.34. The van der Waals surface area contributed by atoms with E-state index in [9.17, 15) is 0 Å². The lowest BCUT2D eigenvalue weighted by Gasteiger charge is -2.28. The van der Waals surface area contributed by atoms with Crippen LogP contribution in [0.1, 0.15) is 29.0 Å². The zero-order valence-electron chi connectivity index (χ0n) is 14.3. The lowest BCUT2D eigenvalue weighted by Crippen LogP contribution is -2.30. The molecule has 3 aromatic rings. The standard InChI is InChI=1S/C20H20N4S/c1-14-7-5-8-15(13-14)24-19(17-10-6-12-23(17)2)18(22-20(24)25)16-9-3-4-11-21-16/h3-13,18-19H,1-2H3,(H,22,25)/t18-,19+/m0/s1. The summed E-state index contributed by atoms with van der Waals surface area (Å²) in [5.74, 6) is 0. The van der Waals surface area contributed by atoms with E-state index in [0.717, 1.165) is 16.5 Å². The second-order valence-corrected chi connectivity index (χ2v) is 6.77. The van der Waals surface area contributed by atoms with Crippen LogP contribution in [0.3, 0.4) is 0 Å². The molecule has 0 amide bonds.